The molecule has 4 rings (SSSR count). The number of carboxylic acids is 1. The van der Waals surface area contributed by atoms with Crippen molar-refractivity contribution in [3.05, 3.63) is 51.9 Å². The smallest absolute Gasteiger partial charge is 0.309 e. The molecule has 9 heteroatoms. The lowest BCUT2D eigenvalue weighted by Crippen LogP contribution is -2.26. The summed E-state index contributed by atoms with van der Waals surface area (Å²) in [6.07, 6.45) is 3.69. The molecule has 3 N–H and O–H groups in total. The number of fused-ring (bicyclic) bond motifs is 1. The van der Waals surface area contributed by atoms with Gasteiger partial charge >= 0.3 is 5.97 Å². The van der Waals surface area contributed by atoms with Crippen LogP contribution in [0, 0.1) is 18.8 Å². The highest BCUT2D eigenvalue weighted by Crippen LogP contribution is 2.29. The molecular weight excluding hydrogens is 458 g/mol. The summed E-state index contributed by atoms with van der Waals surface area (Å²) >= 11 is 0. The number of aliphatic hydroxyl groups is 1. The molecular formula is C25H32ClN3O5. The van der Waals surface area contributed by atoms with E-state index in [0.29, 0.717) is 24.3 Å². The molecule has 0 radical (unpaired) electrons. The second-order valence-electron chi connectivity index (χ2n) is 9.05. The Morgan fingerprint density at radius 1 is 1.29 bits per heavy atom. The van der Waals surface area contributed by atoms with E-state index >= 15 is 0 Å². The van der Waals surface area contributed by atoms with E-state index in [1.807, 2.05) is 24.3 Å². The zero-order valence-corrected chi connectivity index (χ0v) is 20.3. The van der Waals surface area contributed by atoms with Gasteiger partial charge in [0.2, 0.25) is 0 Å². The third-order valence-corrected chi connectivity index (χ3v) is 6.58. The zero-order chi connectivity index (χ0) is 23.5. The number of hydrogen-bond acceptors (Lipinski definition) is 5. The molecule has 0 saturated carbocycles. The number of H-pyrrole nitrogens is 1. The molecule has 184 valence electrons. The Kier molecular flexibility index (Phi) is 8.52. The summed E-state index contributed by atoms with van der Waals surface area (Å²) in [5.74, 6) is -0.491. The number of benzene rings is 1. The quantitative estimate of drug-likeness (QED) is 0.445. The minimum atomic E-state index is -0.984. The molecule has 2 aromatic heterocycles. The van der Waals surface area contributed by atoms with Gasteiger partial charge in [0.05, 0.1) is 23.1 Å². The van der Waals surface area contributed by atoms with Crippen molar-refractivity contribution in [1.29, 1.82) is 0 Å². The van der Waals surface area contributed by atoms with E-state index in [4.69, 9.17) is 9.72 Å². The molecule has 1 aliphatic rings. The Morgan fingerprint density at radius 3 is 2.68 bits per heavy atom. The number of hydrogen-bond donors (Lipinski definition) is 3. The molecule has 3 aromatic rings. The Balaban J connectivity index is 0.00000324. The van der Waals surface area contributed by atoms with Gasteiger partial charge in [0.1, 0.15) is 5.82 Å². The third kappa shape index (κ3) is 5.68. The van der Waals surface area contributed by atoms with Crippen LogP contribution in [-0.2, 0) is 22.5 Å². The molecule has 2 atom stereocenters. The van der Waals surface area contributed by atoms with Crippen molar-refractivity contribution < 1.29 is 19.7 Å². The van der Waals surface area contributed by atoms with Crippen LogP contribution in [-0.4, -0.2) is 50.0 Å². The normalized spacial score (nSPS) is 16.2. The maximum Gasteiger partial charge on any atom is 0.309 e. The highest BCUT2D eigenvalue weighted by atomic mass is 35.5. The number of nitrogens with zero attached hydrogens (tertiary/aromatic N) is 2. The lowest BCUT2D eigenvalue weighted by Gasteiger charge is -2.23. The number of aromatic nitrogens is 3. The number of aliphatic hydroxyl groups excluding tert-OH is 1. The molecule has 0 aliphatic carbocycles. The number of carboxylic acid groups (broad SMARTS) is 1. The molecule has 0 spiro atoms. The van der Waals surface area contributed by atoms with Gasteiger partial charge in [-0.05, 0) is 69.2 Å². The summed E-state index contributed by atoms with van der Waals surface area (Å²) in [7, 11) is 0. The number of halogens is 1. The SMILES string of the molecule is Cc1cc(-c2nc3cc(CC[C@H](C(=O)O)[C@@H](C)O)ccc3n2CC2CCOCC2)c[nH]c1=O.Cl. The number of ether oxygens (including phenoxy) is 1. The molecule has 8 nitrogen and oxygen atoms in total. The van der Waals surface area contributed by atoms with Gasteiger partial charge in [-0.25, -0.2) is 4.98 Å². The summed E-state index contributed by atoms with van der Waals surface area (Å²) in [5.41, 5.74) is 4.21. The van der Waals surface area contributed by atoms with Crippen LogP contribution in [0.5, 0.6) is 0 Å². The fourth-order valence-electron chi connectivity index (χ4n) is 4.54. The Hall–Kier alpha value is -2.68. The molecule has 0 unspecified atom stereocenters. The van der Waals surface area contributed by atoms with Crippen molar-refractivity contribution in [1.82, 2.24) is 14.5 Å². The predicted octanol–water partition coefficient (Wildman–Crippen LogP) is 3.56. The first-order valence-corrected chi connectivity index (χ1v) is 11.5. The first kappa shape index (κ1) is 25.9. The van der Waals surface area contributed by atoms with Crippen molar-refractivity contribution in [3.8, 4) is 11.4 Å². The lowest BCUT2D eigenvalue weighted by molar-refractivity contribution is -0.145. The number of aryl methyl sites for hydroxylation is 2. The molecule has 34 heavy (non-hydrogen) atoms. The average Bonchev–Trinajstić information content (AvgIpc) is 3.13. The van der Waals surface area contributed by atoms with Crippen LogP contribution in [0.4, 0.5) is 0 Å². The predicted molar refractivity (Wildman–Crippen MR) is 132 cm³/mol. The summed E-state index contributed by atoms with van der Waals surface area (Å²) in [6.45, 7) is 5.65. The van der Waals surface area contributed by atoms with Gasteiger partial charge in [-0.2, -0.15) is 0 Å². The second-order valence-corrected chi connectivity index (χ2v) is 9.05. The van der Waals surface area contributed by atoms with Gasteiger partial charge in [0.15, 0.2) is 0 Å². The average molecular weight is 490 g/mol. The number of rotatable bonds is 8. The molecule has 3 heterocycles. The van der Waals surface area contributed by atoms with Crippen LogP contribution in [0.25, 0.3) is 22.4 Å². The van der Waals surface area contributed by atoms with Crippen molar-refractivity contribution in [2.45, 2.75) is 52.2 Å². The van der Waals surface area contributed by atoms with E-state index < -0.39 is 18.0 Å². The van der Waals surface area contributed by atoms with Crippen LogP contribution in [0.2, 0.25) is 0 Å². The lowest BCUT2D eigenvalue weighted by atomic mass is 9.95. The monoisotopic (exact) mass is 489 g/mol. The first-order valence-electron chi connectivity index (χ1n) is 11.5. The molecule has 1 saturated heterocycles. The number of imidazole rings is 1. The number of aliphatic carboxylic acids is 1. The van der Waals surface area contributed by atoms with Gasteiger partial charge in [0, 0.05) is 37.1 Å². The number of pyridine rings is 1. The first-order chi connectivity index (χ1) is 15.8. The van der Waals surface area contributed by atoms with Gasteiger partial charge < -0.3 is 24.5 Å². The molecule has 0 amide bonds. The van der Waals surface area contributed by atoms with Gasteiger partial charge in [-0.1, -0.05) is 6.07 Å². The highest BCUT2D eigenvalue weighted by molar-refractivity contribution is 5.85. The zero-order valence-electron chi connectivity index (χ0n) is 19.5. The molecule has 0 bridgehead atoms. The molecule has 1 aromatic carbocycles. The maximum absolute atomic E-state index is 11.9. The van der Waals surface area contributed by atoms with Gasteiger partial charge in [-0.3, -0.25) is 9.59 Å². The second kappa shape index (κ2) is 11.2. The van der Waals surface area contributed by atoms with Crippen LogP contribution in [0.15, 0.2) is 35.3 Å². The minimum absolute atomic E-state index is 0. The fourth-order valence-corrected chi connectivity index (χ4v) is 4.54. The van der Waals surface area contributed by atoms with Gasteiger partial charge in [0.25, 0.3) is 5.56 Å². The number of carbonyl (C=O) groups is 1. The maximum atomic E-state index is 11.9. The van der Waals surface area contributed by atoms with E-state index in [0.717, 1.165) is 60.6 Å². The van der Waals surface area contributed by atoms with Crippen LogP contribution in [0.3, 0.4) is 0 Å². The van der Waals surface area contributed by atoms with E-state index in [1.54, 1.807) is 13.1 Å². The van der Waals surface area contributed by atoms with E-state index in [-0.39, 0.29) is 18.0 Å². The summed E-state index contributed by atoms with van der Waals surface area (Å²) in [4.78, 5) is 31.0. The summed E-state index contributed by atoms with van der Waals surface area (Å²) in [6, 6.07) is 7.91. The summed E-state index contributed by atoms with van der Waals surface area (Å²) < 4.78 is 7.74. The third-order valence-electron chi connectivity index (χ3n) is 6.58. The Bertz CT molecular complexity index is 1200. The topological polar surface area (TPSA) is 117 Å². The molecule has 1 fully saturated rings. The van der Waals surface area contributed by atoms with Crippen molar-refractivity contribution in [2.24, 2.45) is 11.8 Å². The van der Waals surface area contributed by atoms with Crippen molar-refractivity contribution >= 4 is 29.4 Å². The Morgan fingerprint density at radius 2 is 2.03 bits per heavy atom. The van der Waals surface area contributed by atoms with E-state index in [1.165, 1.54) is 6.92 Å². The largest absolute Gasteiger partial charge is 0.481 e. The van der Waals surface area contributed by atoms with Crippen LogP contribution < -0.4 is 5.56 Å². The van der Waals surface area contributed by atoms with Crippen molar-refractivity contribution in [3.63, 3.8) is 0 Å². The number of nitrogens with one attached hydrogen (secondary N) is 1. The van der Waals surface area contributed by atoms with Crippen LogP contribution in [0.1, 0.15) is 37.3 Å². The van der Waals surface area contributed by atoms with Crippen molar-refractivity contribution in [2.75, 3.05) is 13.2 Å². The van der Waals surface area contributed by atoms with Crippen LogP contribution >= 0.6 is 12.4 Å². The Labute approximate surface area is 204 Å². The summed E-state index contributed by atoms with van der Waals surface area (Å²) in [5, 5.41) is 19.1. The van der Waals surface area contributed by atoms with E-state index in [2.05, 4.69) is 9.55 Å². The van der Waals surface area contributed by atoms with Gasteiger partial charge in [-0.15, -0.1) is 12.4 Å². The number of aromatic amines is 1. The minimum Gasteiger partial charge on any atom is -0.481 e. The fraction of sp³-hybridized carbons (Fsp3) is 0.480. The standard InChI is InChI=1S/C25H31N3O5.ClH/c1-15-11-19(13-26-24(15)30)23-27-21-12-17(3-5-20(16(2)29)25(31)32)4-6-22(21)28(23)14-18-7-9-33-10-8-18;/h4,6,11-13,16,18,20,29H,3,5,7-10,14H2,1-2H3,(H,26,30)(H,31,32);1H/t16-,20+;/m1./s1. The van der Waals surface area contributed by atoms with E-state index in [9.17, 15) is 19.8 Å². The highest BCUT2D eigenvalue weighted by Gasteiger charge is 2.23. The molecule has 1 aliphatic heterocycles.